The fraction of sp³-hybridized carbons (Fsp3) is 0.571. The van der Waals surface area contributed by atoms with Crippen LogP contribution in [-0.4, -0.2) is 34.9 Å². The highest BCUT2D eigenvalue weighted by Crippen LogP contribution is 2.21. The maximum absolute atomic E-state index is 11.6. The molecule has 1 unspecified atom stereocenters. The van der Waals surface area contributed by atoms with Gasteiger partial charge in [0.25, 0.3) is 0 Å². The van der Waals surface area contributed by atoms with Gasteiger partial charge in [-0.05, 0) is 37.1 Å². The van der Waals surface area contributed by atoms with Gasteiger partial charge in [0.2, 0.25) is 0 Å². The van der Waals surface area contributed by atoms with Crippen LogP contribution in [0.15, 0.2) is 29.2 Å². The summed E-state index contributed by atoms with van der Waals surface area (Å²) < 4.78 is 28.2. The Hall–Kier alpha value is -0.910. The van der Waals surface area contributed by atoms with Crippen LogP contribution in [0.2, 0.25) is 0 Å². The van der Waals surface area contributed by atoms with Crippen LogP contribution in [0.4, 0.5) is 0 Å². The minimum atomic E-state index is -3.15. The molecule has 0 aliphatic carbocycles. The predicted molar refractivity (Wildman–Crippen MR) is 77.1 cm³/mol. The smallest absolute Gasteiger partial charge is 0.175 e. The van der Waals surface area contributed by atoms with Gasteiger partial charge in [-0.3, -0.25) is 0 Å². The van der Waals surface area contributed by atoms with Crippen LogP contribution < -0.4 is 5.32 Å². The van der Waals surface area contributed by atoms with Gasteiger partial charge in [0, 0.05) is 26.0 Å². The number of sulfone groups is 1. The second-order valence-corrected chi connectivity index (χ2v) is 6.61. The molecule has 108 valence electrons. The third kappa shape index (κ3) is 5.30. The molecule has 0 amide bonds. The molecule has 0 aromatic heterocycles. The molecule has 1 atom stereocenters. The Labute approximate surface area is 116 Å². The second kappa shape index (κ2) is 7.62. The van der Waals surface area contributed by atoms with Gasteiger partial charge in [0.1, 0.15) is 0 Å². The lowest BCUT2D eigenvalue weighted by Crippen LogP contribution is -2.21. The standard InChI is InChI=1S/C14H23NO3S/c1-4-15-14(9-6-10-18-2)12-7-5-8-13(11-12)19(3,16)17/h5,7-8,11,14-15H,4,6,9-10H2,1-3H3. The van der Waals surface area contributed by atoms with E-state index in [4.69, 9.17) is 4.74 Å². The van der Waals surface area contributed by atoms with E-state index in [0.717, 1.165) is 24.9 Å². The molecule has 0 aliphatic rings. The van der Waals surface area contributed by atoms with Crippen molar-refractivity contribution in [2.45, 2.75) is 30.7 Å². The van der Waals surface area contributed by atoms with Crippen molar-refractivity contribution in [3.05, 3.63) is 29.8 Å². The van der Waals surface area contributed by atoms with E-state index in [1.807, 2.05) is 13.0 Å². The van der Waals surface area contributed by atoms with Crippen molar-refractivity contribution in [2.75, 3.05) is 26.5 Å². The lowest BCUT2D eigenvalue weighted by molar-refractivity contribution is 0.189. The van der Waals surface area contributed by atoms with E-state index in [0.29, 0.717) is 11.5 Å². The largest absolute Gasteiger partial charge is 0.385 e. The van der Waals surface area contributed by atoms with Gasteiger partial charge in [0.05, 0.1) is 4.90 Å². The summed E-state index contributed by atoms with van der Waals surface area (Å²) >= 11 is 0. The number of methoxy groups -OCH3 is 1. The summed E-state index contributed by atoms with van der Waals surface area (Å²) in [5, 5.41) is 3.39. The van der Waals surface area contributed by atoms with Crippen LogP contribution in [0, 0.1) is 0 Å². The number of rotatable bonds is 8. The van der Waals surface area contributed by atoms with E-state index in [2.05, 4.69) is 5.32 Å². The van der Waals surface area contributed by atoms with Crippen molar-refractivity contribution in [1.29, 1.82) is 0 Å². The number of benzene rings is 1. The van der Waals surface area contributed by atoms with Crippen molar-refractivity contribution in [1.82, 2.24) is 5.32 Å². The fourth-order valence-electron chi connectivity index (χ4n) is 2.03. The van der Waals surface area contributed by atoms with Crippen LogP contribution in [0.25, 0.3) is 0 Å². The fourth-order valence-corrected chi connectivity index (χ4v) is 2.70. The summed E-state index contributed by atoms with van der Waals surface area (Å²) in [6.07, 6.45) is 3.10. The highest BCUT2D eigenvalue weighted by Gasteiger charge is 2.13. The monoisotopic (exact) mass is 285 g/mol. The Morgan fingerprint density at radius 1 is 1.37 bits per heavy atom. The van der Waals surface area contributed by atoms with Crippen molar-refractivity contribution in [3.63, 3.8) is 0 Å². The normalized spacial score (nSPS) is 13.4. The molecule has 0 spiro atoms. The van der Waals surface area contributed by atoms with Gasteiger partial charge in [-0.1, -0.05) is 19.1 Å². The zero-order valence-electron chi connectivity index (χ0n) is 11.8. The molecule has 1 aromatic rings. The lowest BCUT2D eigenvalue weighted by atomic mass is 10.0. The van der Waals surface area contributed by atoms with Crippen molar-refractivity contribution in [3.8, 4) is 0 Å². The molecule has 0 heterocycles. The summed E-state index contributed by atoms with van der Waals surface area (Å²) in [4.78, 5) is 0.375. The molecule has 19 heavy (non-hydrogen) atoms. The van der Waals surface area contributed by atoms with E-state index in [1.54, 1.807) is 25.3 Å². The maximum Gasteiger partial charge on any atom is 0.175 e. The summed E-state index contributed by atoms with van der Waals surface area (Å²) in [5.74, 6) is 0. The lowest BCUT2D eigenvalue weighted by Gasteiger charge is -2.18. The average Bonchev–Trinajstić information content (AvgIpc) is 2.37. The number of nitrogens with one attached hydrogen (secondary N) is 1. The molecule has 0 radical (unpaired) electrons. The summed E-state index contributed by atoms with van der Waals surface area (Å²) in [7, 11) is -1.46. The number of hydrogen-bond donors (Lipinski definition) is 1. The van der Waals surface area contributed by atoms with Crippen LogP contribution in [-0.2, 0) is 14.6 Å². The second-order valence-electron chi connectivity index (χ2n) is 4.59. The average molecular weight is 285 g/mol. The van der Waals surface area contributed by atoms with Gasteiger partial charge in [0.15, 0.2) is 9.84 Å². The first-order chi connectivity index (χ1) is 8.99. The quantitative estimate of drug-likeness (QED) is 0.744. The molecular formula is C14H23NO3S. The zero-order valence-corrected chi connectivity index (χ0v) is 12.7. The molecule has 0 saturated heterocycles. The van der Waals surface area contributed by atoms with E-state index < -0.39 is 9.84 Å². The van der Waals surface area contributed by atoms with Crippen LogP contribution in [0.3, 0.4) is 0 Å². The summed E-state index contributed by atoms with van der Waals surface area (Å²) in [6, 6.07) is 7.33. The van der Waals surface area contributed by atoms with Crippen LogP contribution in [0.1, 0.15) is 31.4 Å². The molecule has 5 heteroatoms. The molecule has 0 fully saturated rings. The highest BCUT2D eigenvalue weighted by atomic mass is 32.2. The summed E-state index contributed by atoms with van der Waals surface area (Å²) in [5.41, 5.74) is 1.01. The molecule has 4 nitrogen and oxygen atoms in total. The Kier molecular flexibility index (Phi) is 6.48. The van der Waals surface area contributed by atoms with Crippen LogP contribution >= 0.6 is 0 Å². The van der Waals surface area contributed by atoms with E-state index in [-0.39, 0.29) is 6.04 Å². The van der Waals surface area contributed by atoms with Gasteiger partial charge in [-0.2, -0.15) is 0 Å². The summed E-state index contributed by atoms with van der Waals surface area (Å²) in [6.45, 7) is 3.61. The minimum absolute atomic E-state index is 0.168. The molecule has 0 saturated carbocycles. The maximum atomic E-state index is 11.6. The van der Waals surface area contributed by atoms with Crippen molar-refractivity contribution >= 4 is 9.84 Å². The topological polar surface area (TPSA) is 55.4 Å². The zero-order chi connectivity index (χ0) is 14.3. The van der Waals surface area contributed by atoms with Gasteiger partial charge in [-0.15, -0.1) is 0 Å². The molecule has 1 N–H and O–H groups in total. The molecule has 1 rings (SSSR count). The Morgan fingerprint density at radius 2 is 2.11 bits per heavy atom. The van der Waals surface area contributed by atoms with Gasteiger partial charge in [-0.25, -0.2) is 8.42 Å². The van der Waals surface area contributed by atoms with E-state index >= 15 is 0 Å². The first kappa shape index (κ1) is 16.1. The molecule has 1 aromatic carbocycles. The SMILES string of the molecule is CCNC(CCCOC)c1cccc(S(C)(=O)=O)c1. The van der Waals surface area contributed by atoms with Gasteiger partial charge < -0.3 is 10.1 Å². The Balaban J connectivity index is 2.89. The third-order valence-corrected chi connectivity index (χ3v) is 4.09. The number of hydrogen-bond acceptors (Lipinski definition) is 4. The molecule has 0 bridgehead atoms. The minimum Gasteiger partial charge on any atom is -0.385 e. The van der Waals surface area contributed by atoms with Crippen molar-refractivity contribution in [2.24, 2.45) is 0 Å². The molecule has 0 aliphatic heterocycles. The highest BCUT2D eigenvalue weighted by molar-refractivity contribution is 7.90. The Morgan fingerprint density at radius 3 is 2.68 bits per heavy atom. The number of ether oxygens (including phenoxy) is 1. The Bertz CT molecular complexity index is 485. The predicted octanol–water partition coefficient (Wildman–Crippen LogP) is 2.17. The molecular weight excluding hydrogens is 262 g/mol. The van der Waals surface area contributed by atoms with Crippen molar-refractivity contribution < 1.29 is 13.2 Å². The first-order valence-electron chi connectivity index (χ1n) is 6.51. The third-order valence-electron chi connectivity index (χ3n) is 2.98. The van der Waals surface area contributed by atoms with Crippen LogP contribution in [0.5, 0.6) is 0 Å². The van der Waals surface area contributed by atoms with E-state index in [1.165, 1.54) is 6.26 Å². The van der Waals surface area contributed by atoms with E-state index in [9.17, 15) is 8.42 Å². The first-order valence-corrected chi connectivity index (χ1v) is 8.40. The van der Waals surface area contributed by atoms with Gasteiger partial charge >= 0.3 is 0 Å².